The maximum atomic E-state index is 12.9. The van der Waals surface area contributed by atoms with E-state index in [0.717, 1.165) is 0 Å². The summed E-state index contributed by atoms with van der Waals surface area (Å²) in [7, 11) is 0. The van der Waals surface area contributed by atoms with E-state index in [9.17, 15) is 9.59 Å². The second-order valence-electron chi connectivity index (χ2n) is 4.98. The lowest BCUT2D eigenvalue weighted by atomic mass is 10.1. The highest BCUT2D eigenvalue weighted by atomic mass is 35.5. The van der Waals surface area contributed by atoms with Gasteiger partial charge in [-0.2, -0.15) is 0 Å². The molecule has 0 aliphatic carbocycles. The van der Waals surface area contributed by atoms with Gasteiger partial charge in [0, 0.05) is 9.90 Å². The summed E-state index contributed by atoms with van der Waals surface area (Å²) in [6.45, 7) is 1.78. The maximum absolute atomic E-state index is 12.9. The van der Waals surface area contributed by atoms with Gasteiger partial charge >= 0.3 is 0 Å². The van der Waals surface area contributed by atoms with Crippen LogP contribution in [-0.4, -0.2) is 16.9 Å². The van der Waals surface area contributed by atoms with Crippen molar-refractivity contribution in [3.05, 3.63) is 55.7 Å². The van der Waals surface area contributed by atoms with Gasteiger partial charge in [0.05, 0.1) is 10.0 Å². The predicted molar refractivity (Wildman–Crippen MR) is 102 cm³/mol. The first-order chi connectivity index (χ1) is 11.4. The van der Waals surface area contributed by atoms with Crippen molar-refractivity contribution in [3.63, 3.8) is 0 Å². The lowest BCUT2D eigenvalue weighted by molar-refractivity contribution is -0.122. The summed E-state index contributed by atoms with van der Waals surface area (Å²) in [6, 6.07) is 8.61. The molecule has 0 radical (unpaired) electrons. The average Bonchev–Trinajstić information content (AvgIpc) is 2.93. The molecule has 1 saturated heterocycles. The lowest BCUT2D eigenvalue weighted by Gasteiger charge is -2.30. The normalized spacial score (nSPS) is 16.7. The molecule has 1 fully saturated rings. The summed E-state index contributed by atoms with van der Waals surface area (Å²) in [4.78, 5) is 27.0. The van der Waals surface area contributed by atoms with Crippen molar-refractivity contribution in [2.45, 2.75) is 6.92 Å². The molecule has 0 spiro atoms. The van der Waals surface area contributed by atoms with E-state index in [0.29, 0.717) is 25.5 Å². The quantitative estimate of drug-likeness (QED) is 0.470. The van der Waals surface area contributed by atoms with Crippen LogP contribution in [0.4, 0.5) is 5.69 Å². The van der Waals surface area contributed by atoms with Gasteiger partial charge in [0.25, 0.3) is 11.8 Å². The Labute approximate surface area is 157 Å². The van der Waals surface area contributed by atoms with Crippen LogP contribution in [0.15, 0.2) is 35.9 Å². The fourth-order valence-corrected chi connectivity index (χ4v) is 3.71. The van der Waals surface area contributed by atoms with E-state index in [1.54, 1.807) is 37.3 Å². The molecule has 1 N–H and O–H groups in total. The standard InChI is InChI=1S/C16H10Cl2N2O2S2/c1-8-11(17)3-2-4-12(8)20-15(22)10(14(21)19-16(20)23)7-9-5-6-13(18)24-9/h2-7H,1H3,(H,19,21,23)/b10-7+. The van der Waals surface area contributed by atoms with Gasteiger partial charge in [0.15, 0.2) is 5.11 Å². The van der Waals surface area contributed by atoms with Gasteiger partial charge in [0.2, 0.25) is 0 Å². The topological polar surface area (TPSA) is 49.4 Å². The number of carbonyl (C=O) groups is 2. The van der Waals surface area contributed by atoms with Crippen LogP contribution in [0, 0.1) is 6.92 Å². The molecule has 8 heteroatoms. The van der Waals surface area contributed by atoms with Crippen LogP contribution in [-0.2, 0) is 9.59 Å². The zero-order valence-corrected chi connectivity index (χ0v) is 15.4. The van der Waals surface area contributed by atoms with Crippen LogP contribution >= 0.6 is 46.8 Å². The SMILES string of the molecule is Cc1c(Cl)cccc1N1C(=O)/C(=C/c2ccc(Cl)s2)C(=O)NC1=S. The van der Waals surface area contributed by atoms with Crippen molar-refractivity contribution < 1.29 is 9.59 Å². The Kier molecular flexibility index (Phi) is 4.73. The van der Waals surface area contributed by atoms with E-state index >= 15 is 0 Å². The highest BCUT2D eigenvalue weighted by Gasteiger charge is 2.35. The van der Waals surface area contributed by atoms with Crippen molar-refractivity contribution in [2.75, 3.05) is 4.90 Å². The molecule has 1 aromatic carbocycles. The number of amides is 2. The zero-order valence-electron chi connectivity index (χ0n) is 12.3. The third kappa shape index (κ3) is 3.10. The van der Waals surface area contributed by atoms with Crippen LogP contribution in [0.2, 0.25) is 9.36 Å². The van der Waals surface area contributed by atoms with Crippen LogP contribution < -0.4 is 10.2 Å². The summed E-state index contributed by atoms with van der Waals surface area (Å²) < 4.78 is 0.573. The van der Waals surface area contributed by atoms with E-state index in [-0.39, 0.29) is 10.7 Å². The zero-order chi connectivity index (χ0) is 17.4. The number of nitrogens with one attached hydrogen (secondary N) is 1. The first-order valence-corrected chi connectivity index (χ1v) is 8.78. The number of hydrogen-bond donors (Lipinski definition) is 1. The molecule has 122 valence electrons. The second kappa shape index (κ2) is 6.64. The van der Waals surface area contributed by atoms with Crippen LogP contribution in [0.3, 0.4) is 0 Å². The highest BCUT2D eigenvalue weighted by molar-refractivity contribution is 7.80. The van der Waals surface area contributed by atoms with Crippen molar-refractivity contribution in [3.8, 4) is 0 Å². The Hall–Kier alpha value is -1.73. The Morgan fingerprint density at radius 3 is 2.62 bits per heavy atom. The minimum atomic E-state index is -0.537. The second-order valence-corrected chi connectivity index (χ2v) is 7.52. The average molecular weight is 397 g/mol. The molecule has 0 bridgehead atoms. The minimum absolute atomic E-state index is 0.0125. The Morgan fingerprint density at radius 2 is 1.96 bits per heavy atom. The third-order valence-corrected chi connectivity index (χ3v) is 5.33. The highest BCUT2D eigenvalue weighted by Crippen LogP contribution is 2.30. The summed E-state index contributed by atoms with van der Waals surface area (Å²) >= 11 is 18.5. The number of hydrogen-bond acceptors (Lipinski definition) is 4. The molecule has 0 atom stereocenters. The smallest absolute Gasteiger partial charge is 0.270 e. The summed E-state index contributed by atoms with van der Waals surface area (Å²) in [5.74, 6) is -1.04. The van der Waals surface area contributed by atoms with Crippen molar-refractivity contribution in [1.29, 1.82) is 0 Å². The molecule has 0 saturated carbocycles. The molecule has 3 rings (SSSR count). The molecule has 1 aliphatic rings. The van der Waals surface area contributed by atoms with Crippen molar-refractivity contribution in [1.82, 2.24) is 5.32 Å². The van der Waals surface area contributed by atoms with Gasteiger partial charge in [0.1, 0.15) is 5.57 Å². The van der Waals surface area contributed by atoms with E-state index < -0.39 is 11.8 Å². The van der Waals surface area contributed by atoms with Crippen LogP contribution in [0.25, 0.3) is 6.08 Å². The Bertz CT molecular complexity index is 905. The first kappa shape index (κ1) is 17.1. The van der Waals surface area contributed by atoms with Gasteiger partial charge in [-0.15, -0.1) is 11.3 Å². The first-order valence-electron chi connectivity index (χ1n) is 6.80. The number of carbonyl (C=O) groups excluding carboxylic acids is 2. The lowest BCUT2D eigenvalue weighted by Crippen LogP contribution is -2.54. The van der Waals surface area contributed by atoms with E-state index in [1.165, 1.54) is 22.3 Å². The monoisotopic (exact) mass is 396 g/mol. The molecule has 4 nitrogen and oxygen atoms in total. The van der Waals surface area contributed by atoms with Gasteiger partial charge in [-0.05, 0) is 55.0 Å². The number of rotatable bonds is 2. The number of anilines is 1. The molecule has 1 aromatic heterocycles. The number of benzene rings is 1. The largest absolute Gasteiger partial charge is 0.298 e. The molecule has 2 aromatic rings. The summed E-state index contributed by atoms with van der Waals surface area (Å²) in [6.07, 6.45) is 1.50. The fraction of sp³-hybridized carbons (Fsp3) is 0.0625. The van der Waals surface area contributed by atoms with Crippen LogP contribution in [0.1, 0.15) is 10.4 Å². The number of thiophene rings is 1. The Balaban J connectivity index is 2.06. The molecule has 24 heavy (non-hydrogen) atoms. The predicted octanol–water partition coefficient (Wildman–Crippen LogP) is 4.19. The summed E-state index contributed by atoms with van der Waals surface area (Å²) in [5.41, 5.74) is 1.22. The van der Waals surface area contributed by atoms with Gasteiger partial charge < -0.3 is 0 Å². The van der Waals surface area contributed by atoms with Gasteiger partial charge in [-0.3, -0.25) is 19.8 Å². The van der Waals surface area contributed by atoms with E-state index in [4.69, 9.17) is 35.4 Å². The van der Waals surface area contributed by atoms with E-state index in [1.807, 2.05) is 0 Å². The molecular weight excluding hydrogens is 387 g/mol. The number of thiocarbonyl (C=S) groups is 1. The maximum Gasteiger partial charge on any atom is 0.270 e. The third-order valence-electron chi connectivity index (χ3n) is 3.46. The molecule has 2 amide bonds. The molecular formula is C16H10Cl2N2O2S2. The van der Waals surface area contributed by atoms with Crippen molar-refractivity contribution in [2.24, 2.45) is 0 Å². The van der Waals surface area contributed by atoms with Gasteiger partial charge in [-0.1, -0.05) is 29.3 Å². The van der Waals surface area contributed by atoms with Crippen LogP contribution in [0.5, 0.6) is 0 Å². The molecule has 0 unspecified atom stereocenters. The minimum Gasteiger partial charge on any atom is -0.298 e. The summed E-state index contributed by atoms with van der Waals surface area (Å²) in [5, 5.41) is 3.07. The molecule has 2 heterocycles. The number of halogens is 2. The Morgan fingerprint density at radius 1 is 1.21 bits per heavy atom. The van der Waals surface area contributed by atoms with E-state index in [2.05, 4.69) is 5.32 Å². The number of nitrogens with zero attached hydrogens (tertiary/aromatic N) is 1. The van der Waals surface area contributed by atoms with Crippen molar-refractivity contribution >= 4 is 75.4 Å². The fourth-order valence-electron chi connectivity index (χ4n) is 2.26. The molecule has 1 aliphatic heterocycles. The van der Waals surface area contributed by atoms with Gasteiger partial charge in [-0.25, -0.2) is 0 Å².